The molecule has 0 spiro atoms. The summed E-state index contributed by atoms with van der Waals surface area (Å²) in [5, 5.41) is 19.0. The van der Waals surface area contributed by atoms with E-state index < -0.39 is 22.8 Å². The van der Waals surface area contributed by atoms with Crippen LogP contribution in [0.5, 0.6) is 5.75 Å². The molecule has 2 aromatic rings. The molecule has 3 aliphatic rings. The molecule has 5 rings (SSSR count). The quantitative estimate of drug-likeness (QED) is 0.484. The molecule has 34 heavy (non-hydrogen) atoms. The summed E-state index contributed by atoms with van der Waals surface area (Å²) in [7, 11) is 0. The van der Waals surface area contributed by atoms with Gasteiger partial charge in [-0.25, -0.2) is 9.37 Å². The number of benzene rings is 1. The molecule has 1 aliphatic carbocycles. The largest absolute Gasteiger partial charge is 0.501 e. The predicted octanol–water partition coefficient (Wildman–Crippen LogP) is 1.74. The van der Waals surface area contributed by atoms with Crippen molar-refractivity contribution in [3.8, 4) is 5.75 Å². The number of aromatic nitrogens is 2. The van der Waals surface area contributed by atoms with Crippen LogP contribution in [0.25, 0.3) is 0 Å². The SMILES string of the molecule is CC(=O)NC(=S)NC12CCC(CC1)Cn1c2nc(C(=O)NCc2ccc(F)c(C)c2)c(O)c1=O. The van der Waals surface area contributed by atoms with Gasteiger partial charge < -0.3 is 21.1 Å². The summed E-state index contributed by atoms with van der Waals surface area (Å²) >= 11 is 5.28. The van der Waals surface area contributed by atoms with Crippen LogP contribution in [0.2, 0.25) is 0 Å². The van der Waals surface area contributed by atoms with Crippen molar-refractivity contribution < 1.29 is 19.1 Å². The summed E-state index contributed by atoms with van der Waals surface area (Å²) in [6.07, 6.45) is 2.80. The highest BCUT2D eigenvalue weighted by atomic mass is 32.1. The number of amides is 2. The second-order valence-corrected chi connectivity index (χ2v) is 9.38. The molecule has 0 atom stereocenters. The summed E-state index contributed by atoms with van der Waals surface area (Å²) < 4.78 is 14.9. The Kier molecular flexibility index (Phi) is 6.39. The van der Waals surface area contributed by atoms with Gasteiger partial charge in [0.25, 0.3) is 11.5 Å². The van der Waals surface area contributed by atoms with Crippen molar-refractivity contribution in [2.45, 2.75) is 58.2 Å². The van der Waals surface area contributed by atoms with Crippen LogP contribution in [0.4, 0.5) is 4.39 Å². The first kappa shape index (κ1) is 23.8. The monoisotopic (exact) mass is 487 g/mol. The van der Waals surface area contributed by atoms with Crippen molar-refractivity contribution in [2.75, 3.05) is 0 Å². The number of nitrogens with zero attached hydrogens (tertiary/aromatic N) is 2. The lowest BCUT2D eigenvalue weighted by atomic mass is 9.77. The number of halogens is 1. The molecule has 2 bridgehead atoms. The topological polar surface area (TPSA) is 125 Å². The second kappa shape index (κ2) is 9.13. The van der Waals surface area contributed by atoms with Gasteiger partial charge in [-0.2, -0.15) is 0 Å². The van der Waals surface area contributed by atoms with E-state index in [-0.39, 0.29) is 35.0 Å². The lowest BCUT2D eigenvalue weighted by molar-refractivity contribution is -0.117. The van der Waals surface area contributed by atoms with Crippen molar-refractivity contribution in [3.63, 3.8) is 0 Å². The molecule has 2 amide bonds. The molecule has 1 saturated carbocycles. The highest BCUT2D eigenvalue weighted by Crippen LogP contribution is 2.42. The number of carbonyl (C=O) groups excluding carboxylic acids is 2. The number of nitrogens with one attached hydrogen (secondary N) is 3. The number of hydrogen-bond acceptors (Lipinski definition) is 6. The molecule has 180 valence electrons. The van der Waals surface area contributed by atoms with E-state index in [1.807, 2.05) is 0 Å². The summed E-state index contributed by atoms with van der Waals surface area (Å²) in [6.45, 7) is 3.41. The van der Waals surface area contributed by atoms with Crippen LogP contribution in [0, 0.1) is 18.7 Å². The summed E-state index contributed by atoms with van der Waals surface area (Å²) in [4.78, 5) is 42.0. The molecule has 9 nitrogen and oxygen atoms in total. The van der Waals surface area contributed by atoms with E-state index in [4.69, 9.17) is 12.2 Å². The Morgan fingerprint density at radius 1 is 1.32 bits per heavy atom. The zero-order valence-electron chi connectivity index (χ0n) is 18.9. The Bertz CT molecular complexity index is 1240. The van der Waals surface area contributed by atoms with Gasteiger partial charge in [0.15, 0.2) is 10.8 Å². The Hall–Kier alpha value is -3.34. The number of thiocarbonyl (C=S) groups is 1. The van der Waals surface area contributed by atoms with Crippen LogP contribution in [0.15, 0.2) is 23.0 Å². The van der Waals surface area contributed by atoms with E-state index >= 15 is 0 Å². The molecule has 0 unspecified atom stereocenters. The molecular weight excluding hydrogens is 461 g/mol. The number of fused-ring (bicyclic) bond motifs is 2. The van der Waals surface area contributed by atoms with E-state index in [9.17, 15) is 23.9 Å². The molecule has 0 saturated heterocycles. The molecule has 4 N–H and O–H groups in total. The smallest absolute Gasteiger partial charge is 0.296 e. The molecule has 0 radical (unpaired) electrons. The first-order chi connectivity index (χ1) is 16.1. The predicted molar refractivity (Wildman–Crippen MR) is 126 cm³/mol. The van der Waals surface area contributed by atoms with Gasteiger partial charge >= 0.3 is 0 Å². The van der Waals surface area contributed by atoms with Gasteiger partial charge in [-0.1, -0.05) is 12.1 Å². The Morgan fingerprint density at radius 2 is 2.03 bits per heavy atom. The highest BCUT2D eigenvalue weighted by Gasteiger charge is 2.45. The summed E-state index contributed by atoms with van der Waals surface area (Å²) in [5.41, 5.74) is -0.835. The zero-order chi connectivity index (χ0) is 24.6. The standard InChI is InChI=1S/C23H26FN5O4S/c1-12-9-15(3-4-16(12)24)10-25-19(32)17-18(31)20(33)29-11-14-5-7-23(8-6-14,21(29)27-17)28-22(34)26-13(2)30/h3-4,9,14,31H,5-8,10-11H2,1-2H3,(H,25,32)(H2,26,28,30,34). The van der Waals surface area contributed by atoms with Gasteiger partial charge in [0.2, 0.25) is 11.7 Å². The van der Waals surface area contributed by atoms with Crippen molar-refractivity contribution in [2.24, 2.45) is 5.92 Å². The third-order valence-electron chi connectivity index (χ3n) is 6.51. The Labute approximate surface area is 200 Å². The first-order valence-corrected chi connectivity index (χ1v) is 11.5. The molecule has 11 heteroatoms. The minimum Gasteiger partial charge on any atom is -0.501 e. The number of rotatable bonds is 4. The van der Waals surface area contributed by atoms with Crippen molar-refractivity contribution in [3.05, 3.63) is 57.0 Å². The fourth-order valence-electron chi connectivity index (χ4n) is 4.74. The van der Waals surface area contributed by atoms with Crippen LogP contribution >= 0.6 is 12.2 Å². The van der Waals surface area contributed by atoms with E-state index in [2.05, 4.69) is 20.9 Å². The average Bonchev–Trinajstić information content (AvgIpc) is 3.02. The van der Waals surface area contributed by atoms with Crippen molar-refractivity contribution in [1.82, 2.24) is 25.5 Å². The normalized spacial score (nSPS) is 20.7. The van der Waals surface area contributed by atoms with Crippen LogP contribution < -0.4 is 21.5 Å². The molecule has 1 aromatic heterocycles. The lowest BCUT2D eigenvalue weighted by Crippen LogP contribution is -2.53. The van der Waals surface area contributed by atoms with Gasteiger partial charge in [-0.15, -0.1) is 0 Å². The van der Waals surface area contributed by atoms with Crippen LogP contribution in [0.3, 0.4) is 0 Å². The number of aromatic hydroxyl groups is 1. The molecule has 3 heterocycles. The van der Waals surface area contributed by atoms with Crippen LogP contribution in [-0.4, -0.2) is 31.6 Å². The third-order valence-corrected chi connectivity index (χ3v) is 6.71. The first-order valence-electron chi connectivity index (χ1n) is 11.1. The maximum atomic E-state index is 13.5. The second-order valence-electron chi connectivity index (χ2n) is 8.98. The van der Waals surface area contributed by atoms with Crippen LogP contribution in [-0.2, 0) is 23.4 Å². The fraction of sp³-hybridized carbons (Fsp3) is 0.435. The van der Waals surface area contributed by atoms with Gasteiger partial charge in [0, 0.05) is 20.0 Å². The average molecular weight is 488 g/mol. The lowest BCUT2D eigenvalue weighted by Gasteiger charge is -2.37. The maximum Gasteiger partial charge on any atom is 0.296 e. The number of aryl methyl sites for hydroxylation is 1. The van der Waals surface area contributed by atoms with E-state index in [1.165, 1.54) is 17.6 Å². The summed E-state index contributed by atoms with van der Waals surface area (Å²) in [5.74, 6) is -1.59. The van der Waals surface area contributed by atoms with Gasteiger partial charge in [0.1, 0.15) is 11.6 Å². The Balaban J connectivity index is 1.68. The molecular formula is C23H26FN5O4S. The third kappa shape index (κ3) is 4.52. The minimum absolute atomic E-state index is 0.0670. The minimum atomic E-state index is -0.859. The maximum absolute atomic E-state index is 13.5. The van der Waals surface area contributed by atoms with E-state index in [0.717, 1.165) is 12.8 Å². The Morgan fingerprint density at radius 3 is 2.68 bits per heavy atom. The van der Waals surface area contributed by atoms with Gasteiger partial charge in [0.05, 0.1) is 5.54 Å². The van der Waals surface area contributed by atoms with Crippen molar-refractivity contribution in [1.29, 1.82) is 0 Å². The molecule has 1 fully saturated rings. The number of hydrogen-bond donors (Lipinski definition) is 4. The fourth-order valence-corrected chi connectivity index (χ4v) is 5.08. The summed E-state index contributed by atoms with van der Waals surface area (Å²) in [6, 6.07) is 4.46. The van der Waals surface area contributed by atoms with Crippen LogP contribution in [0.1, 0.15) is 60.0 Å². The molecule has 2 aliphatic heterocycles. The van der Waals surface area contributed by atoms with E-state index in [1.54, 1.807) is 19.1 Å². The van der Waals surface area contributed by atoms with Crippen molar-refractivity contribution >= 4 is 29.1 Å². The number of carbonyl (C=O) groups is 2. The van der Waals surface area contributed by atoms with E-state index in [0.29, 0.717) is 36.3 Å². The van der Waals surface area contributed by atoms with Gasteiger partial charge in [-0.3, -0.25) is 19.0 Å². The molecule has 1 aromatic carbocycles. The highest BCUT2D eigenvalue weighted by molar-refractivity contribution is 7.80. The zero-order valence-corrected chi connectivity index (χ0v) is 19.7. The van der Waals surface area contributed by atoms with Gasteiger partial charge in [-0.05, 0) is 67.9 Å².